The van der Waals surface area contributed by atoms with Crippen molar-refractivity contribution in [2.75, 3.05) is 0 Å². The Balaban J connectivity index is 0.000000550. The lowest BCUT2D eigenvalue weighted by Gasteiger charge is -2.14. The van der Waals surface area contributed by atoms with Gasteiger partial charge in [0.2, 0.25) is 0 Å². The number of benzene rings is 2. The number of Topliss-reactive ketones (excluding diaryl/α,β-unsaturated/α-hetero) is 1. The van der Waals surface area contributed by atoms with E-state index in [4.69, 9.17) is 5.14 Å². The second-order valence-electron chi connectivity index (χ2n) is 9.92. The normalized spacial score (nSPS) is 13.6. The van der Waals surface area contributed by atoms with Crippen LogP contribution in [0, 0.1) is 13.8 Å². The summed E-state index contributed by atoms with van der Waals surface area (Å²) in [5.74, 6) is 0.120. The van der Waals surface area contributed by atoms with Crippen LogP contribution in [-0.4, -0.2) is 29.4 Å². The fraction of sp³-hybridized carbons (Fsp3) is 0.462. The SMILES string of the molecule is CC(=N[S@](=O)C(C)(C)C)c1ccc(Br)cc1C.CC(=O)c1ccc(Br)cc1C.CC(C)(C)[S@](N)=O. The van der Waals surface area contributed by atoms with Crippen LogP contribution in [0.5, 0.6) is 0 Å². The van der Waals surface area contributed by atoms with Crippen molar-refractivity contribution in [2.24, 2.45) is 9.54 Å². The molecule has 0 saturated carbocycles. The van der Waals surface area contributed by atoms with Gasteiger partial charge in [0.25, 0.3) is 0 Å². The highest BCUT2D eigenvalue weighted by Gasteiger charge is 2.19. The number of carbonyl (C=O) groups is 1. The summed E-state index contributed by atoms with van der Waals surface area (Å²) in [5.41, 5.74) is 4.82. The van der Waals surface area contributed by atoms with E-state index in [1.807, 2.05) is 98.7 Å². The average molecular weight is 651 g/mol. The highest BCUT2D eigenvalue weighted by atomic mass is 79.9. The van der Waals surface area contributed by atoms with Crippen LogP contribution in [0.4, 0.5) is 0 Å². The molecule has 2 rings (SSSR count). The first-order valence-electron chi connectivity index (χ1n) is 10.9. The molecule has 0 aromatic heterocycles. The van der Waals surface area contributed by atoms with Gasteiger partial charge in [-0.05, 0) is 110 Å². The van der Waals surface area contributed by atoms with Crippen molar-refractivity contribution < 1.29 is 13.2 Å². The van der Waals surface area contributed by atoms with E-state index in [1.54, 1.807) is 6.92 Å². The summed E-state index contributed by atoms with van der Waals surface area (Å²) in [6.45, 7) is 18.7. The maximum atomic E-state index is 11.9. The molecule has 0 aliphatic heterocycles. The molecule has 9 heteroatoms. The van der Waals surface area contributed by atoms with Gasteiger partial charge in [-0.15, -0.1) is 0 Å². The van der Waals surface area contributed by atoms with Gasteiger partial charge in [0.15, 0.2) is 5.78 Å². The molecule has 2 N–H and O–H groups in total. The van der Waals surface area contributed by atoms with E-state index in [1.165, 1.54) is 0 Å². The van der Waals surface area contributed by atoms with Crippen molar-refractivity contribution in [2.45, 2.75) is 78.7 Å². The quantitative estimate of drug-likeness (QED) is 0.278. The zero-order valence-corrected chi connectivity index (χ0v) is 27.1. The maximum absolute atomic E-state index is 11.9. The van der Waals surface area contributed by atoms with Crippen molar-refractivity contribution in [1.29, 1.82) is 0 Å². The Morgan fingerprint density at radius 3 is 1.46 bits per heavy atom. The maximum Gasteiger partial charge on any atom is 0.160 e. The summed E-state index contributed by atoms with van der Waals surface area (Å²) in [6.07, 6.45) is 0. The van der Waals surface area contributed by atoms with E-state index in [0.717, 1.165) is 36.9 Å². The number of nitrogens with two attached hydrogens (primary N) is 1. The monoisotopic (exact) mass is 648 g/mol. The van der Waals surface area contributed by atoms with Gasteiger partial charge in [-0.3, -0.25) is 9.93 Å². The van der Waals surface area contributed by atoms with E-state index in [0.29, 0.717) is 0 Å². The van der Waals surface area contributed by atoms with Crippen LogP contribution in [0.3, 0.4) is 0 Å². The van der Waals surface area contributed by atoms with Gasteiger partial charge in [-0.2, -0.15) is 4.40 Å². The number of halogens is 2. The van der Waals surface area contributed by atoms with Gasteiger partial charge >= 0.3 is 0 Å². The van der Waals surface area contributed by atoms with Gasteiger partial charge in [0.1, 0.15) is 11.0 Å². The molecular formula is C26H38Br2N2O3S2. The van der Waals surface area contributed by atoms with Crippen molar-refractivity contribution in [3.63, 3.8) is 0 Å². The fourth-order valence-electron chi connectivity index (χ4n) is 2.37. The van der Waals surface area contributed by atoms with Gasteiger partial charge in [0, 0.05) is 14.5 Å². The molecule has 0 fully saturated rings. The molecule has 0 amide bonds. The Morgan fingerprint density at radius 2 is 1.17 bits per heavy atom. The second-order valence-corrected chi connectivity index (χ2v) is 15.5. The Kier molecular flexibility index (Phi) is 14.2. The van der Waals surface area contributed by atoms with E-state index >= 15 is 0 Å². The Labute approximate surface area is 233 Å². The molecule has 0 aliphatic rings. The molecule has 0 saturated heterocycles. The Bertz CT molecular complexity index is 1100. The lowest BCUT2D eigenvalue weighted by Crippen LogP contribution is -2.27. The van der Waals surface area contributed by atoms with Gasteiger partial charge < -0.3 is 0 Å². The standard InChI is InChI=1S/C13H18BrNOS.C9H9BrO.C4H11NOS/c1-9-8-11(14)6-7-12(9)10(2)15-17(16)13(3,4)5;1-6-5-8(10)3-4-9(6)7(2)11;1-4(2,3)7(5)6/h6-8H,1-5H3;3-5H,1-2H3;5H2,1-3H3/t17-;;7-/m1.1/s1. The molecule has 196 valence electrons. The van der Waals surface area contributed by atoms with Crippen LogP contribution >= 0.6 is 31.9 Å². The number of carbonyl (C=O) groups excluding carboxylic acids is 1. The highest BCUT2D eigenvalue weighted by Crippen LogP contribution is 2.19. The summed E-state index contributed by atoms with van der Waals surface area (Å²) in [4.78, 5) is 11.0. The first-order valence-corrected chi connectivity index (χ1v) is 14.8. The van der Waals surface area contributed by atoms with Crippen molar-refractivity contribution in [3.05, 3.63) is 67.6 Å². The zero-order valence-electron chi connectivity index (χ0n) is 22.3. The first-order chi connectivity index (χ1) is 15.8. The smallest absolute Gasteiger partial charge is 0.160 e. The van der Waals surface area contributed by atoms with E-state index in [-0.39, 0.29) is 15.3 Å². The number of hydrogen-bond donors (Lipinski definition) is 1. The van der Waals surface area contributed by atoms with E-state index in [9.17, 15) is 13.2 Å². The highest BCUT2D eigenvalue weighted by molar-refractivity contribution is 9.10. The number of hydrogen-bond acceptors (Lipinski definition) is 3. The molecule has 0 spiro atoms. The fourth-order valence-corrected chi connectivity index (χ4v) is 3.94. The molecule has 0 radical (unpaired) electrons. The number of rotatable bonds is 3. The summed E-state index contributed by atoms with van der Waals surface area (Å²) >= 11 is 6.76. The molecule has 0 aliphatic carbocycles. The number of aryl methyl sites for hydroxylation is 2. The largest absolute Gasteiger partial charge is 0.295 e. The van der Waals surface area contributed by atoms with E-state index < -0.39 is 22.0 Å². The predicted molar refractivity (Wildman–Crippen MR) is 160 cm³/mol. The molecule has 0 bridgehead atoms. The van der Waals surface area contributed by atoms with Crippen LogP contribution in [-0.2, 0) is 22.0 Å². The van der Waals surface area contributed by atoms with Crippen LogP contribution in [0.25, 0.3) is 0 Å². The van der Waals surface area contributed by atoms with Crippen LogP contribution in [0.15, 0.2) is 49.7 Å². The topological polar surface area (TPSA) is 89.6 Å². The Morgan fingerprint density at radius 1 is 0.800 bits per heavy atom. The lowest BCUT2D eigenvalue weighted by atomic mass is 10.1. The van der Waals surface area contributed by atoms with Gasteiger partial charge in [0.05, 0.1) is 26.2 Å². The zero-order chi connectivity index (χ0) is 27.7. The summed E-state index contributed by atoms with van der Waals surface area (Å²) < 4.78 is 28.1. The molecule has 0 unspecified atom stereocenters. The minimum Gasteiger partial charge on any atom is -0.295 e. The molecular weight excluding hydrogens is 612 g/mol. The molecule has 5 nitrogen and oxygen atoms in total. The number of ketones is 1. The second kappa shape index (κ2) is 14.7. The predicted octanol–water partition coefficient (Wildman–Crippen LogP) is 7.40. The first kappa shape index (κ1) is 34.0. The van der Waals surface area contributed by atoms with Gasteiger partial charge in [-0.25, -0.2) is 8.42 Å². The van der Waals surface area contributed by atoms with Crippen molar-refractivity contribution >= 4 is 65.3 Å². The summed E-state index contributed by atoms with van der Waals surface area (Å²) in [6, 6.07) is 11.7. The average Bonchev–Trinajstić information content (AvgIpc) is 2.66. The number of nitrogens with zero attached hydrogens (tertiary/aromatic N) is 1. The van der Waals surface area contributed by atoms with Crippen molar-refractivity contribution in [1.82, 2.24) is 0 Å². The third-order valence-electron chi connectivity index (χ3n) is 4.49. The van der Waals surface area contributed by atoms with E-state index in [2.05, 4.69) is 36.3 Å². The van der Waals surface area contributed by atoms with Gasteiger partial charge in [-0.1, -0.05) is 44.0 Å². The van der Waals surface area contributed by atoms with Crippen LogP contribution in [0.1, 0.15) is 82.4 Å². The van der Waals surface area contributed by atoms with Crippen LogP contribution < -0.4 is 5.14 Å². The Hall–Kier alpha value is -1.00. The third-order valence-corrected chi connectivity index (χ3v) is 8.17. The molecule has 2 aromatic carbocycles. The minimum atomic E-state index is -1.21. The summed E-state index contributed by atoms with van der Waals surface area (Å²) in [7, 11) is -2.39. The van der Waals surface area contributed by atoms with Crippen LogP contribution in [0.2, 0.25) is 0 Å². The minimum absolute atomic E-state index is 0.120. The van der Waals surface area contributed by atoms with Crippen molar-refractivity contribution in [3.8, 4) is 0 Å². The lowest BCUT2D eigenvalue weighted by molar-refractivity contribution is 0.101. The molecule has 2 aromatic rings. The molecule has 0 heterocycles. The molecule has 35 heavy (non-hydrogen) atoms. The molecule has 2 atom stereocenters. The third kappa shape index (κ3) is 13.2. The summed E-state index contributed by atoms with van der Waals surface area (Å²) in [5, 5.41) is 5.04.